The van der Waals surface area contributed by atoms with Crippen LogP contribution in [-0.4, -0.2) is 52.8 Å². The molecule has 7 heteroatoms. The molecule has 0 aromatic carbocycles. The van der Waals surface area contributed by atoms with Crippen molar-refractivity contribution in [1.29, 1.82) is 0 Å². The van der Waals surface area contributed by atoms with E-state index in [2.05, 4.69) is 11.9 Å². The third-order valence-electron chi connectivity index (χ3n) is 3.43. The van der Waals surface area contributed by atoms with Gasteiger partial charge in [0.2, 0.25) is 0 Å². The molecule has 0 heterocycles. The maximum Gasteiger partial charge on any atom is 1.00 e. The predicted molar refractivity (Wildman–Crippen MR) is 81.2 cm³/mol. The van der Waals surface area contributed by atoms with Gasteiger partial charge in [0, 0.05) is 13.2 Å². The Bertz CT molecular complexity index is 314. The number of rotatable bonds is 13. The molecule has 0 radical (unpaired) electrons. The third kappa shape index (κ3) is 12.4. The van der Waals surface area contributed by atoms with Crippen LogP contribution in [0.3, 0.4) is 0 Å². The summed E-state index contributed by atoms with van der Waals surface area (Å²) in [6, 6.07) is -0.711. The van der Waals surface area contributed by atoms with Crippen molar-refractivity contribution in [3.05, 3.63) is 0 Å². The van der Waals surface area contributed by atoms with Crippen LogP contribution in [0, 0.1) is 0 Å². The van der Waals surface area contributed by atoms with Crippen LogP contribution in [0.1, 0.15) is 58.8 Å². The average molecular weight is 324 g/mol. The van der Waals surface area contributed by atoms with Gasteiger partial charge in [-0.2, -0.15) is 0 Å². The molecule has 1 unspecified atom stereocenters. The van der Waals surface area contributed by atoms with Crippen molar-refractivity contribution in [2.45, 2.75) is 64.8 Å². The van der Waals surface area contributed by atoms with Crippen LogP contribution in [0.15, 0.2) is 4.99 Å². The van der Waals surface area contributed by atoms with Crippen molar-refractivity contribution in [1.82, 2.24) is 4.90 Å². The molecule has 0 saturated carbocycles. The first-order valence-corrected chi connectivity index (χ1v) is 7.81. The van der Waals surface area contributed by atoms with Gasteiger partial charge in [0.25, 0.3) is 0 Å². The molecular weight excluding hydrogens is 295 g/mol. The van der Waals surface area contributed by atoms with Gasteiger partial charge in [-0.3, -0.25) is 14.7 Å². The van der Waals surface area contributed by atoms with Crippen LogP contribution in [0.2, 0.25) is 0 Å². The molecule has 0 spiro atoms. The number of hydrogen-bond acceptors (Lipinski definition) is 5. The molecule has 124 valence electrons. The number of carboxylic acids is 1. The summed E-state index contributed by atoms with van der Waals surface area (Å²) in [5, 5.41) is 29.5. The zero-order chi connectivity index (χ0) is 16.1. The van der Waals surface area contributed by atoms with Gasteiger partial charge in [0.05, 0.1) is 6.67 Å². The second kappa shape index (κ2) is 15.7. The van der Waals surface area contributed by atoms with Gasteiger partial charge in [-0.1, -0.05) is 32.6 Å². The number of nitrogens with zero attached hydrogens (tertiary/aromatic N) is 2. The second-order valence-electron chi connectivity index (χ2n) is 5.26. The molecule has 0 aliphatic carbocycles. The number of carboxylic acid groups (broad SMARTS) is 1. The number of aliphatic imine (C=N–C) groups is 1. The minimum atomic E-state index is -0.949. The fraction of sp³-hybridized carbons (Fsp3) is 0.867. The van der Waals surface area contributed by atoms with Crippen LogP contribution in [-0.2, 0) is 4.79 Å². The van der Waals surface area contributed by atoms with Crippen molar-refractivity contribution >= 4 is 11.9 Å². The van der Waals surface area contributed by atoms with Gasteiger partial charge < -0.3 is 15.3 Å². The zero-order valence-electron chi connectivity index (χ0n) is 14.3. The molecule has 0 aliphatic rings. The first-order valence-electron chi connectivity index (χ1n) is 7.81. The summed E-state index contributed by atoms with van der Waals surface area (Å²) < 4.78 is 0. The Morgan fingerprint density at radius 2 is 1.86 bits per heavy atom. The maximum absolute atomic E-state index is 11.7. The van der Waals surface area contributed by atoms with E-state index in [9.17, 15) is 9.90 Å². The molecule has 0 aliphatic heterocycles. The number of aliphatic hydroxyl groups excluding tert-OH is 1. The quantitative estimate of drug-likeness (QED) is 0.181. The minimum absolute atomic E-state index is 0. The molecule has 1 atom stereocenters. The second-order valence-corrected chi connectivity index (χ2v) is 5.26. The van der Waals surface area contributed by atoms with Crippen LogP contribution in [0.4, 0.5) is 0 Å². The Kier molecular flexibility index (Phi) is 17.3. The Labute approximate surface area is 155 Å². The summed E-state index contributed by atoms with van der Waals surface area (Å²) in [6.45, 7) is 4.20. The van der Waals surface area contributed by atoms with E-state index in [1.165, 1.54) is 12.8 Å². The van der Waals surface area contributed by atoms with E-state index in [-0.39, 0.29) is 48.7 Å². The SMILES string of the molecule is CCCCCCCC([O-])=NCN(CCCO)C(C)C(=O)O.[Na+]. The molecule has 0 rings (SSSR count). The summed E-state index contributed by atoms with van der Waals surface area (Å²) in [5.41, 5.74) is 0. The van der Waals surface area contributed by atoms with E-state index in [0.29, 0.717) is 19.4 Å². The summed E-state index contributed by atoms with van der Waals surface area (Å²) >= 11 is 0. The number of hydrogen-bond donors (Lipinski definition) is 2. The van der Waals surface area contributed by atoms with Crippen molar-refractivity contribution < 1.29 is 49.7 Å². The van der Waals surface area contributed by atoms with Crippen LogP contribution in [0.25, 0.3) is 0 Å². The molecule has 6 nitrogen and oxygen atoms in total. The van der Waals surface area contributed by atoms with Crippen LogP contribution < -0.4 is 34.7 Å². The first kappa shape index (κ1) is 24.1. The largest absolute Gasteiger partial charge is 1.00 e. The molecule has 0 aromatic heterocycles. The number of aliphatic hydroxyl groups is 1. The summed E-state index contributed by atoms with van der Waals surface area (Å²) in [5.74, 6) is -1.12. The van der Waals surface area contributed by atoms with Crippen LogP contribution >= 0.6 is 0 Å². The minimum Gasteiger partial charge on any atom is -0.862 e. The van der Waals surface area contributed by atoms with Crippen LogP contribution in [0.5, 0.6) is 0 Å². The van der Waals surface area contributed by atoms with Gasteiger partial charge in [0.15, 0.2) is 0 Å². The summed E-state index contributed by atoms with van der Waals surface area (Å²) in [6.07, 6.45) is 6.28. The van der Waals surface area contributed by atoms with Gasteiger partial charge >= 0.3 is 35.5 Å². The Balaban J connectivity index is 0. The van der Waals surface area contributed by atoms with Gasteiger partial charge in [-0.05, 0) is 32.1 Å². The summed E-state index contributed by atoms with van der Waals surface area (Å²) in [4.78, 5) is 16.5. The van der Waals surface area contributed by atoms with E-state index in [1.54, 1.807) is 11.8 Å². The maximum atomic E-state index is 11.7. The predicted octanol–water partition coefficient (Wildman–Crippen LogP) is -1.78. The van der Waals surface area contributed by atoms with E-state index in [0.717, 1.165) is 19.3 Å². The molecule has 0 fully saturated rings. The topological polar surface area (TPSA) is 96.2 Å². The monoisotopic (exact) mass is 324 g/mol. The number of unbranched alkanes of at least 4 members (excludes halogenated alkanes) is 4. The third-order valence-corrected chi connectivity index (χ3v) is 3.43. The van der Waals surface area contributed by atoms with Gasteiger partial charge in [-0.25, -0.2) is 0 Å². The molecular formula is C15H29N2NaO4. The molecule has 0 aromatic rings. The number of carbonyl (C=O) groups is 1. The summed E-state index contributed by atoms with van der Waals surface area (Å²) in [7, 11) is 0. The fourth-order valence-corrected chi connectivity index (χ4v) is 1.95. The number of aliphatic carboxylic acids is 1. The molecule has 0 saturated heterocycles. The van der Waals surface area contributed by atoms with Crippen molar-refractivity contribution in [2.24, 2.45) is 4.99 Å². The van der Waals surface area contributed by atoms with E-state index >= 15 is 0 Å². The zero-order valence-corrected chi connectivity index (χ0v) is 16.3. The van der Waals surface area contributed by atoms with Gasteiger partial charge in [0.1, 0.15) is 6.04 Å². The normalized spacial score (nSPS) is 13.0. The molecule has 2 N–H and O–H groups in total. The smallest absolute Gasteiger partial charge is 0.862 e. The van der Waals surface area contributed by atoms with E-state index in [1.807, 2.05) is 0 Å². The van der Waals surface area contributed by atoms with Crippen molar-refractivity contribution in [3.8, 4) is 0 Å². The Morgan fingerprint density at radius 3 is 2.41 bits per heavy atom. The Morgan fingerprint density at radius 1 is 1.23 bits per heavy atom. The average Bonchev–Trinajstić information content (AvgIpc) is 2.46. The Hall–Kier alpha value is -0.140. The molecule has 22 heavy (non-hydrogen) atoms. The van der Waals surface area contributed by atoms with E-state index < -0.39 is 12.0 Å². The van der Waals surface area contributed by atoms with Crippen molar-refractivity contribution in [2.75, 3.05) is 19.8 Å². The fourth-order valence-electron chi connectivity index (χ4n) is 1.95. The van der Waals surface area contributed by atoms with Gasteiger partial charge in [-0.15, -0.1) is 0 Å². The molecule has 0 amide bonds. The van der Waals surface area contributed by atoms with Crippen molar-refractivity contribution in [3.63, 3.8) is 0 Å². The standard InChI is InChI=1S/C15H30N2O4.Na/c1-3-4-5-6-7-9-14(19)16-12-17(10-8-11-18)13(2)15(20)21;/h13,18H,3-12H2,1-2H3,(H,16,19)(H,20,21);/q;+1/p-1. The first-order chi connectivity index (χ1) is 10.0. The molecule has 0 bridgehead atoms. The van der Waals surface area contributed by atoms with E-state index in [4.69, 9.17) is 10.2 Å².